The molecule has 1 heterocycles. The number of hydrogen-bond donors (Lipinski definition) is 0. The van der Waals surface area contributed by atoms with Crippen LogP contribution in [0, 0.1) is 67.3 Å². The summed E-state index contributed by atoms with van der Waals surface area (Å²) in [7, 11) is 0. The summed E-state index contributed by atoms with van der Waals surface area (Å²) in [6.07, 6.45) is 5.50. The standard InChI is InChI=1S/C18H12O5/c1-3-4-5-6-10-13-17(19)21-14-11-8-7-9-12-16-15(2)22-18(20)23-16/h9-10H,12-13H2,1-2H3/q-2. The van der Waals surface area contributed by atoms with Gasteiger partial charge in [0.25, 0.3) is 0 Å². The van der Waals surface area contributed by atoms with Gasteiger partial charge in [-0.1, -0.05) is 5.92 Å². The Morgan fingerprint density at radius 3 is 2.57 bits per heavy atom. The number of carbonyl (C=O) groups excluding carboxylic acids is 1. The van der Waals surface area contributed by atoms with Gasteiger partial charge >= 0.3 is 11.8 Å². The maximum atomic E-state index is 11.2. The average molecular weight is 308 g/mol. The van der Waals surface area contributed by atoms with Crippen molar-refractivity contribution < 1.29 is 18.4 Å². The summed E-state index contributed by atoms with van der Waals surface area (Å²) in [6.45, 7) is 3.29. The molecule has 0 unspecified atom stereocenters. The van der Waals surface area contributed by atoms with Gasteiger partial charge in [-0.25, -0.2) is 16.6 Å². The number of esters is 1. The molecule has 0 amide bonds. The van der Waals surface area contributed by atoms with Crippen LogP contribution < -0.4 is 5.82 Å². The van der Waals surface area contributed by atoms with E-state index in [-0.39, 0.29) is 6.42 Å². The van der Waals surface area contributed by atoms with E-state index in [1.165, 1.54) is 6.42 Å². The lowest BCUT2D eigenvalue weighted by Gasteiger charge is -1.96. The first kappa shape index (κ1) is 17.5. The number of rotatable bonds is 4. The van der Waals surface area contributed by atoms with Crippen LogP contribution in [-0.2, 0) is 16.0 Å². The molecular formula is C18H12O5-2. The van der Waals surface area contributed by atoms with Crippen molar-refractivity contribution in [1.29, 1.82) is 0 Å². The van der Waals surface area contributed by atoms with Crippen LogP contribution in [0.3, 0.4) is 0 Å². The number of aryl methyl sites for hydroxylation is 1. The molecule has 5 heteroatoms. The quantitative estimate of drug-likeness (QED) is 0.478. The zero-order valence-corrected chi connectivity index (χ0v) is 12.6. The SMILES string of the molecule is CC#CC#C[CH-]CC(=O)OC#CC#C[CH-]Cc1oc(=O)oc1C. The molecule has 1 aromatic rings. The van der Waals surface area contributed by atoms with Gasteiger partial charge < -0.3 is 13.6 Å². The van der Waals surface area contributed by atoms with Crippen molar-refractivity contribution in [3.8, 4) is 47.5 Å². The van der Waals surface area contributed by atoms with Gasteiger partial charge in [0.2, 0.25) is 0 Å². The number of hydrogen-bond acceptors (Lipinski definition) is 5. The van der Waals surface area contributed by atoms with Gasteiger partial charge in [-0.2, -0.15) is 12.8 Å². The highest BCUT2D eigenvalue weighted by Crippen LogP contribution is 2.06. The zero-order chi connectivity index (χ0) is 16.9. The summed E-state index contributed by atoms with van der Waals surface area (Å²) in [5.74, 6) is 17.3. The minimum Gasteiger partial charge on any atom is -0.397 e. The van der Waals surface area contributed by atoms with Crippen molar-refractivity contribution in [1.82, 2.24) is 0 Å². The van der Waals surface area contributed by atoms with Gasteiger partial charge in [0.15, 0.2) is 0 Å². The Hall–Kier alpha value is -3.54. The van der Waals surface area contributed by atoms with Gasteiger partial charge in [-0.05, 0) is 20.3 Å². The summed E-state index contributed by atoms with van der Waals surface area (Å²) >= 11 is 0. The Morgan fingerprint density at radius 1 is 1.13 bits per heavy atom. The Kier molecular flexibility index (Phi) is 7.78. The van der Waals surface area contributed by atoms with E-state index in [0.717, 1.165) is 0 Å². The molecule has 5 nitrogen and oxygen atoms in total. The lowest BCUT2D eigenvalue weighted by atomic mass is 10.2. The van der Waals surface area contributed by atoms with Crippen LogP contribution in [-0.4, -0.2) is 5.97 Å². The van der Waals surface area contributed by atoms with Crippen LogP contribution in [0.4, 0.5) is 0 Å². The van der Waals surface area contributed by atoms with E-state index >= 15 is 0 Å². The largest absolute Gasteiger partial charge is 0.518 e. The Labute approximate surface area is 134 Å². The second kappa shape index (κ2) is 10.2. The first-order valence-corrected chi connectivity index (χ1v) is 6.48. The van der Waals surface area contributed by atoms with Gasteiger partial charge in [-0.15, -0.1) is 11.8 Å². The second-order valence-corrected chi connectivity index (χ2v) is 3.86. The molecule has 0 spiro atoms. The molecule has 0 fully saturated rings. The number of carbonyl (C=O) groups is 1. The molecule has 0 bridgehead atoms. The summed E-state index contributed by atoms with van der Waals surface area (Å²) in [5, 5.41) is 0. The van der Waals surface area contributed by atoms with E-state index in [1.54, 1.807) is 20.3 Å². The summed E-state index contributed by atoms with van der Waals surface area (Å²) < 4.78 is 14.1. The fraction of sp³-hybridized carbons (Fsp3) is 0.222. The lowest BCUT2D eigenvalue weighted by molar-refractivity contribution is -0.136. The minimum absolute atomic E-state index is 0.0193. The second-order valence-electron chi connectivity index (χ2n) is 3.86. The van der Waals surface area contributed by atoms with E-state index < -0.39 is 11.8 Å². The Bertz CT molecular complexity index is 838. The molecule has 0 aromatic carbocycles. The van der Waals surface area contributed by atoms with Crippen LogP contribution in [0.1, 0.15) is 24.9 Å². The van der Waals surface area contributed by atoms with Crippen molar-refractivity contribution in [2.45, 2.75) is 26.7 Å². The normalized spacial score (nSPS) is 7.74. The maximum absolute atomic E-state index is 11.2. The third kappa shape index (κ3) is 7.72. The highest BCUT2D eigenvalue weighted by atomic mass is 16.6. The summed E-state index contributed by atoms with van der Waals surface area (Å²) in [4.78, 5) is 22.0. The van der Waals surface area contributed by atoms with Crippen LogP contribution in [0.2, 0.25) is 0 Å². The third-order valence-corrected chi connectivity index (χ3v) is 2.21. The van der Waals surface area contributed by atoms with Crippen LogP contribution in [0.15, 0.2) is 13.6 Å². The molecule has 0 aliphatic carbocycles. The predicted molar refractivity (Wildman–Crippen MR) is 81.8 cm³/mol. The van der Waals surface area contributed by atoms with Crippen molar-refractivity contribution >= 4 is 5.97 Å². The lowest BCUT2D eigenvalue weighted by Crippen LogP contribution is -1.98. The molecule has 0 aliphatic heterocycles. The zero-order valence-electron chi connectivity index (χ0n) is 12.6. The van der Waals surface area contributed by atoms with Crippen LogP contribution in [0.5, 0.6) is 0 Å². The average Bonchev–Trinajstić information content (AvgIpc) is 2.84. The van der Waals surface area contributed by atoms with Crippen LogP contribution in [0.25, 0.3) is 0 Å². The third-order valence-electron chi connectivity index (χ3n) is 2.21. The van der Waals surface area contributed by atoms with Crippen molar-refractivity contribution in [3.63, 3.8) is 0 Å². The summed E-state index contributed by atoms with van der Waals surface area (Å²) in [6, 6.07) is 0. The number of ether oxygens (including phenoxy) is 1. The Balaban J connectivity index is 2.26. The monoisotopic (exact) mass is 308 g/mol. The summed E-state index contributed by atoms with van der Waals surface area (Å²) in [5.41, 5.74) is 0. The van der Waals surface area contributed by atoms with Crippen molar-refractivity contribution in [2.75, 3.05) is 0 Å². The van der Waals surface area contributed by atoms with E-state index in [0.29, 0.717) is 17.9 Å². The molecule has 0 saturated heterocycles. The molecule has 23 heavy (non-hydrogen) atoms. The van der Waals surface area contributed by atoms with Crippen molar-refractivity contribution in [3.05, 3.63) is 35.0 Å². The van der Waals surface area contributed by atoms with Gasteiger partial charge in [0.05, 0.1) is 0 Å². The van der Waals surface area contributed by atoms with Gasteiger partial charge in [0, 0.05) is 6.42 Å². The predicted octanol–water partition coefficient (Wildman–Crippen LogP) is 1.42. The first-order valence-electron chi connectivity index (χ1n) is 6.48. The molecule has 1 rings (SSSR count). The fourth-order valence-electron chi connectivity index (χ4n) is 1.23. The molecule has 116 valence electrons. The highest BCUT2D eigenvalue weighted by molar-refractivity contribution is 5.72. The fourth-order valence-corrected chi connectivity index (χ4v) is 1.23. The molecule has 0 aliphatic rings. The Morgan fingerprint density at radius 2 is 1.87 bits per heavy atom. The molecule has 0 N–H and O–H groups in total. The van der Waals surface area contributed by atoms with Gasteiger partial charge in [0.1, 0.15) is 17.6 Å². The van der Waals surface area contributed by atoms with E-state index in [9.17, 15) is 9.59 Å². The smallest absolute Gasteiger partial charge is 0.397 e. The van der Waals surface area contributed by atoms with E-state index in [2.05, 4.69) is 52.3 Å². The van der Waals surface area contributed by atoms with E-state index in [1.807, 2.05) is 0 Å². The maximum Gasteiger partial charge on any atom is 0.518 e. The topological polar surface area (TPSA) is 69.7 Å². The van der Waals surface area contributed by atoms with Crippen molar-refractivity contribution in [2.24, 2.45) is 0 Å². The van der Waals surface area contributed by atoms with Crippen LogP contribution >= 0.6 is 0 Å². The molecule has 0 atom stereocenters. The first-order chi connectivity index (χ1) is 11.1. The molecule has 0 saturated carbocycles. The van der Waals surface area contributed by atoms with E-state index in [4.69, 9.17) is 8.83 Å². The molecular weight excluding hydrogens is 296 g/mol. The molecule has 0 radical (unpaired) electrons. The molecule has 1 aromatic heterocycles. The highest BCUT2D eigenvalue weighted by Gasteiger charge is 2.03. The minimum atomic E-state index is -0.742. The van der Waals surface area contributed by atoms with Gasteiger partial charge in [-0.3, -0.25) is 16.6 Å².